The summed E-state index contributed by atoms with van der Waals surface area (Å²) < 4.78 is 33.8. The molecule has 0 radical (unpaired) electrons. The smallest absolute Gasteiger partial charge is 0.280 e. The van der Waals surface area contributed by atoms with Gasteiger partial charge >= 0.3 is 0 Å². The van der Waals surface area contributed by atoms with Gasteiger partial charge < -0.3 is 9.64 Å². The van der Waals surface area contributed by atoms with Gasteiger partial charge in [0.15, 0.2) is 0 Å². The fourth-order valence-corrected chi connectivity index (χ4v) is 4.02. The van der Waals surface area contributed by atoms with Crippen molar-refractivity contribution in [1.82, 2.24) is 13.9 Å². The van der Waals surface area contributed by atoms with Crippen molar-refractivity contribution in [2.45, 2.75) is 32.7 Å². The molecule has 0 saturated carbocycles. The Balaban J connectivity index is 1.91. The third kappa shape index (κ3) is 4.38. The number of rotatable bonds is 4. The largest absolute Gasteiger partial charge is 0.378 e. The number of nitrogens with one attached hydrogen (secondary N) is 1. The summed E-state index contributed by atoms with van der Waals surface area (Å²) in [5.41, 5.74) is 0. The summed E-state index contributed by atoms with van der Waals surface area (Å²) in [5, 5.41) is 0. The Hall–Kier alpha value is -0.700. The lowest BCUT2D eigenvalue weighted by Crippen LogP contribution is -2.54. The first-order valence-electron chi connectivity index (χ1n) is 7.54. The van der Waals surface area contributed by atoms with Crippen molar-refractivity contribution in [1.29, 1.82) is 0 Å². The SMILES string of the molecule is CC1CCN(S(=O)(=O)NC(C)C(=O)N2CCOCC2)CC1. The number of amides is 1. The van der Waals surface area contributed by atoms with E-state index in [-0.39, 0.29) is 5.91 Å². The van der Waals surface area contributed by atoms with Crippen LogP contribution in [-0.2, 0) is 19.7 Å². The predicted octanol–water partition coefficient (Wildman–Crippen LogP) is -0.200. The molecule has 7 nitrogen and oxygen atoms in total. The minimum absolute atomic E-state index is 0.188. The zero-order chi connectivity index (χ0) is 15.5. The Labute approximate surface area is 126 Å². The van der Waals surface area contributed by atoms with Crippen LogP contribution >= 0.6 is 0 Å². The second-order valence-electron chi connectivity index (χ2n) is 5.86. The standard InChI is InChI=1S/C13H25N3O4S/c1-11-3-5-16(6-4-11)21(18,19)14-12(2)13(17)15-7-9-20-10-8-15/h11-12,14H,3-10H2,1-2H3. The van der Waals surface area contributed by atoms with E-state index < -0.39 is 16.3 Å². The molecular weight excluding hydrogens is 294 g/mol. The summed E-state index contributed by atoms with van der Waals surface area (Å²) in [5.74, 6) is 0.371. The molecule has 2 aliphatic rings. The van der Waals surface area contributed by atoms with Crippen molar-refractivity contribution in [2.24, 2.45) is 5.92 Å². The van der Waals surface area contributed by atoms with Gasteiger partial charge in [0.2, 0.25) is 5.91 Å². The van der Waals surface area contributed by atoms with Gasteiger partial charge in [-0.25, -0.2) is 0 Å². The number of nitrogens with zero attached hydrogens (tertiary/aromatic N) is 2. The zero-order valence-corrected chi connectivity index (χ0v) is 13.6. The third-order valence-corrected chi connectivity index (χ3v) is 5.80. The third-order valence-electron chi connectivity index (χ3n) is 4.10. The Morgan fingerprint density at radius 3 is 2.33 bits per heavy atom. The average Bonchev–Trinajstić information content (AvgIpc) is 2.47. The molecule has 8 heteroatoms. The highest BCUT2D eigenvalue weighted by atomic mass is 32.2. The zero-order valence-electron chi connectivity index (χ0n) is 12.7. The van der Waals surface area contributed by atoms with Gasteiger partial charge in [-0.3, -0.25) is 4.79 Å². The second-order valence-corrected chi connectivity index (χ2v) is 7.57. The van der Waals surface area contributed by atoms with Crippen LogP contribution in [0.25, 0.3) is 0 Å². The Morgan fingerprint density at radius 2 is 1.76 bits per heavy atom. The van der Waals surface area contributed by atoms with Crippen molar-refractivity contribution in [3.63, 3.8) is 0 Å². The summed E-state index contributed by atoms with van der Waals surface area (Å²) in [6.07, 6.45) is 1.74. The molecule has 122 valence electrons. The molecule has 0 aromatic carbocycles. The number of hydrogen-bond acceptors (Lipinski definition) is 4. The van der Waals surface area contributed by atoms with Gasteiger partial charge in [-0.15, -0.1) is 0 Å². The van der Waals surface area contributed by atoms with Crippen molar-refractivity contribution in [2.75, 3.05) is 39.4 Å². The second kappa shape index (κ2) is 7.04. The van der Waals surface area contributed by atoms with Crippen LogP contribution in [0.1, 0.15) is 26.7 Å². The Bertz CT molecular complexity index is 454. The first-order chi connectivity index (χ1) is 9.90. The first kappa shape index (κ1) is 16.7. The number of hydrogen-bond donors (Lipinski definition) is 1. The summed E-state index contributed by atoms with van der Waals surface area (Å²) in [6, 6.07) is -0.743. The molecule has 0 aliphatic carbocycles. The van der Waals surface area contributed by atoms with E-state index in [0.717, 1.165) is 12.8 Å². The topological polar surface area (TPSA) is 79.0 Å². The Morgan fingerprint density at radius 1 is 1.19 bits per heavy atom. The van der Waals surface area contributed by atoms with Gasteiger partial charge in [0, 0.05) is 26.2 Å². The molecule has 2 rings (SSSR count). The van der Waals surface area contributed by atoms with Crippen LogP contribution in [0.15, 0.2) is 0 Å². The molecule has 0 spiro atoms. The lowest BCUT2D eigenvalue weighted by molar-refractivity contribution is -0.136. The molecule has 1 unspecified atom stereocenters. The summed E-state index contributed by atoms with van der Waals surface area (Å²) in [4.78, 5) is 13.9. The highest BCUT2D eigenvalue weighted by Crippen LogP contribution is 2.18. The molecule has 21 heavy (non-hydrogen) atoms. The van der Waals surface area contributed by atoms with E-state index in [0.29, 0.717) is 45.3 Å². The molecule has 1 amide bonds. The van der Waals surface area contributed by atoms with Crippen LogP contribution in [0.5, 0.6) is 0 Å². The fourth-order valence-electron chi connectivity index (χ4n) is 2.63. The van der Waals surface area contributed by atoms with E-state index in [1.807, 2.05) is 0 Å². The van der Waals surface area contributed by atoms with Crippen LogP contribution < -0.4 is 4.72 Å². The van der Waals surface area contributed by atoms with Crippen molar-refractivity contribution in [3.8, 4) is 0 Å². The van der Waals surface area contributed by atoms with Gasteiger partial charge in [-0.2, -0.15) is 17.4 Å². The van der Waals surface area contributed by atoms with E-state index in [4.69, 9.17) is 4.74 Å². The molecule has 0 aromatic heterocycles. The maximum absolute atomic E-state index is 12.3. The first-order valence-corrected chi connectivity index (χ1v) is 8.98. The number of piperidine rings is 1. The van der Waals surface area contributed by atoms with Gasteiger partial charge in [0.1, 0.15) is 0 Å². The van der Waals surface area contributed by atoms with Crippen molar-refractivity contribution < 1.29 is 17.9 Å². The monoisotopic (exact) mass is 319 g/mol. The van der Waals surface area contributed by atoms with E-state index in [1.165, 1.54) is 4.31 Å². The van der Waals surface area contributed by atoms with Crippen LogP contribution in [0.3, 0.4) is 0 Å². The highest BCUT2D eigenvalue weighted by molar-refractivity contribution is 7.87. The van der Waals surface area contributed by atoms with Gasteiger partial charge in [-0.05, 0) is 25.7 Å². The van der Waals surface area contributed by atoms with E-state index in [9.17, 15) is 13.2 Å². The summed E-state index contributed by atoms with van der Waals surface area (Å²) in [6.45, 7) is 6.83. The lowest BCUT2D eigenvalue weighted by atomic mass is 10.0. The van der Waals surface area contributed by atoms with Gasteiger partial charge in [-0.1, -0.05) is 6.92 Å². The Kier molecular flexibility index (Phi) is 5.59. The molecule has 1 atom stereocenters. The van der Waals surface area contributed by atoms with E-state index >= 15 is 0 Å². The minimum atomic E-state index is -3.59. The highest BCUT2D eigenvalue weighted by Gasteiger charge is 2.31. The normalized spacial score (nSPS) is 24.0. The van der Waals surface area contributed by atoms with Gasteiger partial charge in [0.25, 0.3) is 10.2 Å². The lowest BCUT2D eigenvalue weighted by Gasteiger charge is -2.32. The quantitative estimate of drug-likeness (QED) is 0.778. The van der Waals surface area contributed by atoms with Crippen molar-refractivity contribution in [3.05, 3.63) is 0 Å². The molecule has 0 bridgehead atoms. The molecule has 2 aliphatic heterocycles. The van der Waals surface area contributed by atoms with E-state index in [2.05, 4.69) is 11.6 Å². The maximum Gasteiger partial charge on any atom is 0.280 e. The van der Waals surface area contributed by atoms with E-state index in [1.54, 1.807) is 11.8 Å². The van der Waals surface area contributed by atoms with Crippen LogP contribution in [0, 0.1) is 5.92 Å². The molecule has 2 saturated heterocycles. The van der Waals surface area contributed by atoms with Crippen molar-refractivity contribution >= 4 is 16.1 Å². The van der Waals surface area contributed by atoms with Crippen LogP contribution in [0.2, 0.25) is 0 Å². The molecule has 1 N–H and O–H groups in total. The van der Waals surface area contributed by atoms with Crippen LogP contribution in [0.4, 0.5) is 0 Å². The van der Waals surface area contributed by atoms with Gasteiger partial charge in [0.05, 0.1) is 19.3 Å². The predicted molar refractivity (Wildman–Crippen MR) is 78.9 cm³/mol. The average molecular weight is 319 g/mol. The molecular formula is C13H25N3O4S. The number of morpholine rings is 1. The summed E-state index contributed by atoms with van der Waals surface area (Å²) in [7, 11) is -3.59. The van der Waals surface area contributed by atoms with Crippen LogP contribution in [-0.4, -0.2) is 69.0 Å². The fraction of sp³-hybridized carbons (Fsp3) is 0.923. The molecule has 2 heterocycles. The number of carbonyl (C=O) groups is 1. The maximum atomic E-state index is 12.3. The summed E-state index contributed by atoms with van der Waals surface area (Å²) >= 11 is 0. The minimum Gasteiger partial charge on any atom is -0.378 e. The molecule has 0 aromatic rings. The number of carbonyl (C=O) groups excluding carboxylic acids is 1. The number of ether oxygens (including phenoxy) is 1. The molecule has 2 fully saturated rings.